The standard InChI is InChI=1S/C31H56O/c1-3-5-7-9-11-13-15-17-19-21-23-25-27-29-31(30-32)28-26-24-22-20-18-16-14-12-10-8-6-4-2/h4,6,10,12,29-30H,3,5,7-9,11,13-28H2,1-2H3/b6-4+,12-10+,31-29-. The number of aldehydes is 1. The minimum absolute atomic E-state index is 0.982. The van der Waals surface area contributed by atoms with Gasteiger partial charge in [-0.3, -0.25) is 4.79 Å². The maximum atomic E-state index is 11.3. The van der Waals surface area contributed by atoms with E-state index in [1.54, 1.807) is 0 Å². The zero-order chi connectivity index (χ0) is 23.4. The first-order chi connectivity index (χ1) is 15.8. The molecular weight excluding hydrogens is 388 g/mol. The quantitative estimate of drug-likeness (QED) is 0.0592. The molecule has 0 unspecified atom stereocenters. The van der Waals surface area contributed by atoms with E-state index in [2.05, 4.69) is 44.2 Å². The lowest BCUT2D eigenvalue weighted by Gasteiger charge is -2.03. The summed E-state index contributed by atoms with van der Waals surface area (Å²) in [5.74, 6) is 0. The van der Waals surface area contributed by atoms with Crippen molar-refractivity contribution in [2.45, 2.75) is 155 Å². The smallest absolute Gasteiger partial charge is 0.145 e. The van der Waals surface area contributed by atoms with Crippen LogP contribution in [0.2, 0.25) is 0 Å². The van der Waals surface area contributed by atoms with Crippen molar-refractivity contribution < 1.29 is 4.79 Å². The van der Waals surface area contributed by atoms with Crippen molar-refractivity contribution in [1.29, 1.82) is 0 Å². The summed E-state index contributed by atoms with van der Waals surface area (Å²) in [5.41, 5.74) is 1.04. The van der Waals surface area contributed by atoms with E-state index < -0.39 is 0 Å². The Morgan fingerprint density at radius 3 is 1.59 bits per heavy atom. The molecule has 0 heterocycles. The number of carbonyl (C=O) groups excluding carboxylic acids is 1. The zero-order valence-electron chi connectivity index (χ0n) is 21.9. The second kappa shape index (κ2) is 27.9. The Morgan fingerprint density at radius 1 is 0.562 bits per heavy atom. The number of allylic oxidation sites excluding steroid dienone is 6. The summed E-state index contributed by atoms with van der Waals surface area (Å²) in [6.07, 6.45) is 41.0. The molecule has 0 aromatic carbocycles. The van der Waals surface area contributed by atoms with Crippen molar-refractivity contribution in [3.05, 3.63) is 36.0 Å². The van der Waals surface area contributed by atoms with Gasteiger partial charge in [-0.15, -0.1) is 0 Å². The fourth-order valence-electron chi connectivity index (χ4n) is 4.21. The van der Waals surface area contributed by atoms with Crippen molar-refractivity contribution in [3.8, 4) is 0 Å². The molecule has 0 aromatic heterocycles. The van der Waals surface area contributed by atoms with Crippen molar-refractivity contribution in [2.24, 2.45) is 0 Å². The predicted molar refractivity (Wildman–Crippen MR) is 145 cm³/mol. The van der Waals surface area contributed by atoms with Gasteiger partial charge in [0, 0.05) is 0 Å². The molecule has 0 saturated carbocycles. The first kappa shape index (κ1) is 30.9. The maximum Gasteiger partial charge on any atom is 0.145 e. The van der Waals surface area contributed by atoms with Gasteiger partial charge in [0.25, 0.3) is 0 Å². The van der Waals surface area contributed by atoms with Crippen LogP contribution in [0.5, 0.6) is 0 Å². The molecule has 0 saturated heterocycles. The number of hydrogen-bond donors (Lipinski definition) is 0. The third-order valence-corrected chi connectivity index (χ3v) is 6.38. The second-order valence-corrected chi connectivity index (χ2v) is 9.51. The Kier molecular flexibility index (Phi) is 27.0. The molecule has 0 fully saturated rings. The SMILES string of the molecule is C/C=C/C/C=C/CCCCCCCC/C(C=O)=C/CCCCCCCCCCCCCC. The molecule has 0 amide bonds. The van der Waals surface area contributed by atoms with E-state index >= 15 is 0 Å². The minimum atomic E-state index is 0.982. The summed E-state index contributed by atoms with van der Waals surface area (Å²) in [6, 6.07) is 0. The summed E-state index contributed by atoms with van der Waals surface area (Å²) < 4.78 is 0. The van der Waals surface area contributed by atoms with E-state index in [1.807, 2.05) is 0 Å². The van der Waals surface area contributed by atoms with Crippen LogP contribution in [-0.4, -0.2) is 6.29 Å². The van der Waals surface area contributed by atoms with Gasteiger partial charge in [0.05, 0.1) is 0 Å². The van der Waals surface area contributed by atoms with E-state index in [9.17, 15) is 4.79 Å². The summed E-state index contributed by atoms with van der Waals surface area (Å²) in [6.45, 7) is 4.36. The van der Waals surface area contributed by atoms with E-state index in [-0.39, 0.29) is 0 Å². The highest BCUT2D eigenvalue weighted by molar-refractivity contribution is 5.72. The molecule has 0 bridgehead atoms. The van der Waals surface area contributed by atoms with Gasteiger partial charge in [-0.1, -0.05) is 134 Å². The van der Waals surface area contributed by atoms with Gasteiger partial charge < -0.3 is 0 Å². The van der Waals surface area contributed by atoms with Crippen molar-refractivity contribution in [1.82, 2.24) is 0 Å². The summed E-state index contributed by atoms with van der Waals surface area (Å²) >= 11 is 0. The number of carbonyl (C=O) groups is 1. The average molecular weight is 445 g/mol. The summed E-state index contributed by atoms with van der Waals surface area (Å²) in [7, 11) is 0. The molecule has 32 heavy (non-hydrogen) atoms. The van der Waals surface area contributed by atoms with Gasteiger partial charge in [0.2, 0.25) is 0 Å². The van der Waals surface area contributed by atoms with Crippen LogP contribution in [0.25, 0.3) is 0 Å². The van der Waals surface area contributed by atoms with E-state index in [0.717, 1.165) is 31.1 Å². The fraction of sp³-hybridized carbons (Fsp3) is 0.774. The molecule has 1 heteroatoms. The molecule has 0 atom stereocenters. The van der Waals surface area contributed by atoms with Gasteiger partial charge in [-0.2, -0.15) is 0 Å². The van der Waals surface area contributed by atoms with Crippen molar-refractivity contribution >= 4 is 6.29 Å². The highest BCUT2D eigenvalue weighted by Crippen LogP contribution is 2.15. The normalized spacial score (nSPS) is 12.4. The van der Waals surface area contributed by atoms with Crippen molar-refractivity contribution in [3.63, 3.8) is 0 Å². The Bertz CT molecular complexity index is 457. The molecule has 0 rings (SSSR count). The highest BCUT2D eigenvalue weighted by atomic mass is 16.1. The van der Waals surface area contributed by atoms with Crippen LogP contribution in [-0.2, 0) is 4.79 Å². The maximum absolute atomic E-state index is 11.3. The highest BCUT2D eigenvalue weighted by Gasteiger charge is 1.98. The second-order valence-electron chi connectivity index (χ2n) is 9.51. The fourth-order valence-corrected chi connectivity index (χ4v) is 4.21. The van der Waals surface area contributed by atoms with Gasteiger partial charge in [-0.05, 0) is 57.4 Å². The predicted octanol–water partition coefficient (Wildman–Crippen LogP) is 10.8. The Hall–Kier alpha value is -1.11. The topological polar surface area (TPSA) is 17.1 Å². The molecule has 0 aromatic rings. The van der Waals surface area contributed by atoms with Crippen LogP contribution in [0.1, 0.15) is 155 Å². The van der Waals surface area contributed by atoms with E-state index in [1.165, 1.54) is 122 Å². The Morgan fingerprint density at radius 2 is 1.06 bits per heavy atom. The van der Waals surface area contributed by atoms with E-state index in [0.29, 0.717) is 0 Å². The van der Waals surface area contributed by atoms with Crippen LogP contribution in [0, 0.1) is 0 Å². The Balaban J connectivity index is 3.42. The number of rotatable bonds is 25. The van der Waals surface area contributed by atoms with Crippen LogP contribution in [0.15, 0.2) is 36.0 Å². The van der Waals surface area contributed by atoms with Crippen LogP contribution < -0.4 is 0 Å². The van der Waals surface area contributed by atoms with Gasteiger partial charge >= 0.3 is 0 Å². The summed E-state index contributed by atoms with van der Waals surface area (Å²) in [4.78, 5) is 11.3. The van der Waals surface area contributed by atoms with Crippen molar-refractivity contribution in [2.75, 3.05) is 0 Å². The minimum Gasteiger partial charge on any atom is -0.298 e. The molecular formula is C31H56O. The van der Waals surface area contributed by atoms with Crippen LogP contribution in [0.3, 0.4) is 0 Å². The van der Waals surface area contributed by atoms with Crippen LogP contribution in [0.4, 0.5) is 0 Å². The summed E-state index contributed by atoms with van der Waals surface area (Å²) in [5, 5.41) is 0. The molecule has 0 aliphatic heterocycles. The molecule has 0 spiro atoms. The zero-order valence-corrected chi connectivity index (χ0v) is 21.9. The lowest BCUT2D eigenvalue weighted by atomic mass is 10.0. The third kappa shape index (κ3) is 25.2. The lowest BCUT2D eigenvalue weighted by Crippen LogP contribution is -1.88. The molecule has 186 valence electrons. The molecule has 1 nitrogen and oxygen atoms in total. The monoisotopic (exact) mass is 444 g/mol. The largest absolute Gasteiger partial charge is 0.298 e. The molecule has 0 aliphatic carbocycles. The Labute approximate surface area is 202 Å². The first-order valence-corrected chi connectivity index (χ1v) is 14.3. The number of hydrogen-bond acceptors (Lipinski definition) is 1. The third-order valence-electron chi connectivity index (χ3n) is 6.38. The van der Waals surface area contributed by atoms with Gasteiger partial charge in [0.1, 0.15) is 6.29 Å². The van der Waals surface area contributed by atoms with E-state index in [4.69, 9.17) is 0 Å². The molecule has 0 aliphatic rings. The molecule has 0 N–H and O–H groups in total. The van der Waals surface area contributed by atoms with Crippen LogP contribution >= 0.6 is 0 Å². The first-order valence-electron chi connectivity index (χ1n) is 14.3. The lowest BCUT2D eigenvalue weighted by molar-refractivity contribution is -0.105. The average Bonchev–Trinajstić information content (AvgIpc) is 2.81. The molecule has 0 radical (unpaired) electrons. The van der Waals surface area contributed by atoms with Gasteiger partial charge in [0.15, 0.2) is 0 Å². The number of unbranched alkanes of at least 4 members (excludes halogenated alkanes) is 18. The van der Waals surface area contributed by atoms with Gasteiger partial charge in [-0.25, -0.2) is 0 Å².